The van der Waals surface area contributed by atoms with Crippen molar-refractivity contribution < 1.29 is 19.1 Å². The van der Waals surface area contributed by atoms with E-state index >= 15 is 0 Å². The second-order valence-electron chi connectivity index (χ2n) is 9.71. The highest BCUT2D eigenvalue weighted by molar-refractivity contribution is 8.15. The number of nitrogens with one attached hydrogen (secondary N) is 1. The molecule has 1 N–H and O–H groups in total. The number of fused-ring (bicyclic) bond motifs is 2. The largest absolute Gasteiger partial charge is 0.492 e. The number of hydrazone groups is 1. The van der Waals surface area contributed by atoms with Crippen molar-refractivity contribution in [3.63, 3.8) is 0 Å². The summed E-state index contributed by atoms with van der Waals surface area (Å²) in [4.78, 5) is 38.4. The zero-order valence-corrected chi connectivity index (χ0v) is 21.7. The first kappa shape index (κ1) is 24.8. The van der Waals surface area contributed by atoms with E-state index in [4.69, 9.17) is 4.74 Å². The van der Waals surface area contributed by atoms with Gasteiger partial charge in [0.25, 0.3) is 5.91 Å². The van der Waals surface area contributed by atoms with Crippen molar-refractivity contribution in [2.75, 3.05) is 18.1 Å². The minimum absolute atomic E-state index is 0.0513. The number of hydrogen-bond acceptors (Lipinski definition) is 6. The first-order valence-corrected chi connectivity index (χ1v) is 12.3. The number of carbonyl (C=O) groups excluding carboxylic acids is 3. The summed E-state index contributed by atoms with van der Waals surface area (Å²) in [7, 11) is 0. The van der Waals surface area contributed by atoms with Crippen molar-refractivity contribution in [2.45, 2.75) is 51.8 Å². The lowest BCUT2D eigenvalue weighted by Crippen LogP contribution is -2.49. The number of anilines is 1. The van der Waals surface area contributed by atoms with Gasteiger partial charge in [0.05, 0.1) is 12.2 Å². The van der Waals surface area contributed by atoms with Gasteiger partial charge in [-0.25, -0.2) is 0 Å². The Kier molecular flexibility index (Phi) is 6.40. The Bertz CT molecular complexity index is 1220. The number of nitrogens with zero attached hydrogens (tertiary/aromatic N) is 3. The molecule has 9 heteroatoms. The predicted octanol–water partition coefficient (Wildman–Crippen LogP) is 3.87. The van der Waals surface area contributed by atoms with E-state index in [1.807, 2.05) is 49.4 Å². The molecule has 0 saturated carbocycles. The molecule has 0 unspecified atom stereocenters. The maximum absolute atomic E-state index is 14.0. The van der Waals surface area contributed by atoms with Crippen LogP contribution < -0.4 is 15.0 Å². The Hall–Kier alpha value is -3.33. The van der Waals surface area contributed by atoms with Gasteiger partial charge in [0.2, 0.25) is 16.7 Å². The van der Waals surface area contributed by atoms with Crippen molar-refractivity contribution >= 4 is 40.3 Å². The predicted molar refractivity (Wildman–Crippen MR) is 137 cm³/mol. The van der Waals surface area contributed by atoms with Crippen LogP contribution in [0.5, 0.6) is 5.75 Å². The van der Waals surface area contributed by atoms with E-state index in [9.17, 15) is 14.4 Å². The average Bonchev–Trinajstić information content (AvgIpc) is 3.26. The molecular weight excluding hydrogens is 464 g/mol. The zero-order valence-electron chi connectivity index (χ0n) is 20.8. The van der Waals surface area contributed by atoms with E-state index in [0.717, 1.165) is 28.8 Å². The summed E-state index contributed by atoms with van der Waals surface area (Å²) in [5, 5.41) is 8.30. The topological polar surface area (TPSA) is 91.3 Å². The van der Waals surface area contributed by atoms with Gasteiger partial charge in [-0.15, -0.1) is 5.10 Å². The SMILES string of the molecule is CC(=O)NC1=NN(C(C)=O)[C@@]2(S1)C(=O)N(CCOc1ccc(C(C)(C)C)cc1)c1c(C)cccc12. The maximum Gasteiger partial charge on any atom is 0.270 e. The summed E-state index contributed by atoms with van der Waals surface area (Å²) in [6.45, 7) is 11.7. The third kappa shape index (κ3) is 4.40. The fourth-order valence-corrected chi connectivity index (χ4v) is 5.70. The summed E-state index contributed by atoms with van der Waals surface area (Å²) in [6.07, 6.45) is 0. The van der Waals surface area contributed by atoms with Gasteiger partial charge >= 0.3 is 0 Å². The molecule has 3 amide bonds. The Balaban J connectivity index is 1.60. The third-order valence-electron chi connectivity index (χ3n) is 6.03. The number of hydrogen-bond donors (Lipinski definition) is 1. The molecule has 0 aromatic heterocycles. The lowest BCUT2D eigenvalue weighted by atomic mass is 9.87. The molecule has 0 saturated heterocycles. The maximum atomic E-state index is 14.0. The second-order valence-corrected chi connectivity index (χ2v) is 10.9. The van der Waals surface area contributed by atoms with Crippen LogP contribution in [-0.4, -0.2) is 41.0 Å². The first-order chi connectivity index (χ1) is 16.4. The molecule has 0 fully saturated rings. The molecule has 2 aromatic rings. The normalized spacial score (nSPS) is 19.1. The van der Waals surface area contributed by atoms with Crippen LogP contribution in [0.25, 0.3) is 0 Å². The zero-order chi connectivity index (χ0) is 25.5. The Morgan fingerprint density at radius 2 is 1.80 bits per heavy atom. The molecule has 184 valence electrons. The number of ether oxygens (including phenoxy) is 1. The summed E-state index contributed by atoms with van der Waals surface area (Å²) < 4.78 is 5.97. The monoisotopic (exact) mass is 494 g/mol. The van der Waals surface area contributed by atoms with E-state index in [1.54, 1.807) is 4.90 Å². The van der Waals surface area contributed by atoms with Crippen LogP contribution in [0.1, 0.15) is 51.3 Å². The highest BCUT2D eigenvalue weighted by Crippen LogP contribution is 2.55. The number of thioether (sulfide) groups is 1. The molecule has 2 aromatic carbocycles. The van der Waals surface area contributed by atoms with E-state index in [1.165, 1.54) is 24.4 Å². The van der Waals surface area contributed by atoms with Crippen LogP contribution in [0.4, 0.5) is 5.69 Å². The van der Waals surface area contributed by atoms with Crippen molar-refractivity contribution in [1.29, 1.82) is 0 Å². The van der Waals surface area contributed by atoms with E-state index in [-0.39, 0.29) is 29.0 Å². The Morgan fingerprint density at radius 1 is 1.11 bits per heavy atom. The van der Waals surface area contributed by atoms with Crippen molar-refractivity contribution in [2.24, 2.45) is 5.10 Å². The summed E-state index contributed by atoms with van der Waals surface area (Å²) >= 11 is 1.07. The number of amides is 3. The summed E-state index contributed by atoms with van der Waals surface area (Å²) in [5.74, 6) is -0.288. The number of amidine groups is 1. The highest BCUT2D eigenvalue weighted by atomic mass is 32.2. The van der Waals surface area contributed by atoms with Gasteiger partial charge < -0.3 is 15.0 Å². The molecule has 2 aliphatic rings. The average molecular weight is 495 g/mol. The van der Waals surface area contributed by atoms with Crippen molar-refractivity contribution in [3.8, 4) is 5.75 Å². The smallest absolute Gasteiger partial charge is 0.270 e. The molecule has 1 atom stereocenters. The summed E-state index contributed by atoms with van der Waals surface area (Å²) in [5.41, 5.74) is 3.57. The van der Waals surface area contributed by atoms with E-state index in [0.29, 0.717) is 12.1 Å². The quantitative estimate of drug-likeness (QED) is 0.697. The van der Waals surface area contributed by atoms with Gasteiger partial charge in [-0.3, -0.25) is 14.4 Å². The van der Waals surface area contributed by atoms with Gasteiger partial charge in [0, 0.05) is 19.4 Å². The minimum atomic E-state index is -1.40. The fourth-order valence-electron chi connectivity index (χ4n) is 4.37. The number of carbonyl (C=O) groups is 3. The third-order valence-corrected chi connectivity index (χ3v) is 7.27. The molecule has 0 radical (unpaired) electrons. The van der Waals surface area contributed by atoms with E-state index in [2.05, 4.69) is 31.2 Å². The van der Waals surface area contributed by atoms with E-state index < -0.39 is 10.8 Å². The van der Waals surface area contributed by atoms with Gasteiger partial charge in [-0.2, -0.15) is 5.01 Å². The Morgan fingerprint density at radius 3 is 2.40 bits per heavy atom. The molecule has 2 aliphatic heterocycles. The number of aryl methyl sites for hydroxylation is 1. The fraction of sp³-hybridized carbons (Fsp3) is 0.385. The van der Waals surface area contributed by atoms with Crippen LogP contribution in [0.15, 0.2) is 47.6 Å². The van der Waals surface area contributed by atoms with Crippen LogP contribution in [-0.2, 0) is 24.7 Å². The van der Waals surface area contributed by atoms with Gasteiger partial charge in [-0.05, 0) is 47.4 Å². The molecular formula is C26H30N4O4S. The van der Waals surface area contributed by atoms with Crippen molar-refractivity contribution in [1.82, 2.24) is 10.3 Å². The molecule has 2 heterocycles. The molecule has 4 rings (SSSR count). The molecule has 0 aliphatic carbocycles. The van der Waals surface area contributed by atoms with Crippen molar-refractivity contribution in [3.05, 3.63) is 59.2 Å². The van der Waals surface area contributed by atoms with Crippen LogP contribution in [0, 0.1) is 6.92 Å². The van der Waals surface area contributed by atoms with Crippen LogP contribution in [0.2, 0.25) is 0 Å². The van der Waals surface area contributed by atoms with Crippen LogP contribution >= 0.6 is 11.8 Å². The standard InChI is InChI=1S/C26H30N4O4S/c1-16-8-7-9-21-22(16)29(14-15-34-20-12-10-19(11-13-20)25(4,5)6)23(33)26(21)30(18(3)32)28-24(35-26)27-17(2)31/h7-13H,14-15H2,1-6H3,(H,27,28,31)/t26-/m0/s1. The molecule has 8 nitrogen and oxygen atoms in total. The van der Waals surface area contributed by atoms with Gasteiger partial charge in [0.15, 0.2) is 5.17 Å². The summed E-state index contributed by atoms with van der Waals surface area (Å²) in [6, 6.07) is 13.6. The van der Waals surface area contributed by atoms with Crippen LogP contribution in [0.3, 0.4) is 0 Å². The second kappa shape index (κ2) is 9.03. The van der Waals surface area contributed by atoms with Gasteiger partial charge in [-0.1, -0.05) is 51.1 Å². The molecule has 35 heavy (non-hydrogen) atoms. The lowest BCUT2D eigenvalue weighted by molar-refractivity contribution is -0.139. The number of benzene rings is 2. The first-order valence-electron chi connectivity index (χ1n) is 11.5. The van der Waals surface area contributed by atoms with Gasteiger partial charge in [0.1, 0.15) is 12.4 Å². The number of rotatable bonds is 4. The lowest BCUT2D eigenvalue weighted by Gasteiger charge is -2.29. The minimum Gasteiger partial charge on any atom is -0.492 e. The molecule has 1 spiro atoms. The Labute approximate surface area is 209 Å². The molecule has 0 bridgehead atoms. The highest BCUT2D eigenvalue weighted by Gasteiger charge is 2.61. The number of para-hydroxylation sites is 1.